The SMILES string of the molecule is Cc1cc(Cl)ccc1-c1cc(N)cc(Cl)c1. The van der Waals surface area contributed by atoms with Crippen LogP contribution in [0.25, 0.3) is 11.1 Å². The van der Waals surface area contributed by atoms with E-state index in [1.54, 1.807) is 6.07 Å². The molecule has 16 heavy (non-hydrogen) atoms. The van der Waals surface area contributed by atoms with Crippen molar-refractivity contribution in [1.82, 2.24) is 0 Å². The van der Waals surface area contributed by atoms with Gasteiger partial charge >= 0.3 is 0 Å². The van der Waals surface area contributed by atoms with Gasteiger partial charge in [-0.2, -0.15) is 0 Å². The van der Waals surface area contributed by atoms with Crippen molar-refractivity contribution in [2.24, 2.45) is 0 Å². The average Bonchev–Trinajstić information content (AvgIpc) is 2.15. The van der Waals surface area contributed by atoms with Crippen molar-refractivity contribution < 1.29 is 0 Å². The van der Waals surface area contributed by atoms with Crippen LogP contribution in [0, 0.1) is 6.92 Å². The molecule has 1 nitrogen and oxygen atoms in total. The lowest BCUT2D eigenvalue weighted by atomic mass is 10.0. The van der Waals surface area contributed by atoms with E-state index in [9.17, 15) is 0 Å². The Morgan fingerprint density at radius 1 is 0.938 bits per heavy atom. The molecule has 0 aliphatic heterocycles. The minimum Gasteiger partial charge on any atom is -0.399 e. The van der Waals surface area contributed by atoms with Crippen LogP contribution >= 0.6 is 23.2 Å². The van der Waals surface area contributed by atoms with Crippen molar-refractivity contribution in [2.45, 2.75) is 6.92 Å². The van der Waals surface area contributed by atoms with Crippen molar-refractivity contribution in [3.63, 3.8) is 0 Å². The van der Waals surface area contributed by atoms with Crippen LogP contribution < -0.4 is 5.73 Å². The molecular formula is C13H11Cl2N. The van der Waals surface area contributed by atoms with Gasteiger partial charge in [0.05, 0.1) is 0 Å². The molecule has 0 bridgehead atoms. The van der Waals surface area contributed by atoms with Gasteiger partial charge in [0, 0.05) is 15.7 Å². The minimum absolute atomic E-state index is 0.643. The van der Waals surface area contributed by atoms with Gasteiger partial charge in [0.2, 0.25) is 0 Å². The van der Waals surface area contributed by atoms with Crippen LogP contribution in [0.2, 0.25) is 10.0 Å². The number of nitrogens with two attached hydrogens (primary N) is 1. The maximum Gasteiger partial charge on any atom is 0.0432 e. The van der Waals surface area contributed by atoms with Gasteiger partial charge in [0.15, 0.2) is 0 Å². The number of hydrogen-bond acceptors (Lipinski definition) is 1. The first-order chi connectivity index (χ1) is 7.56. The Balaban J connectivity index is 2.58. The van der Waals surface area contributed by atoms with Crippen molar-refractivity contribution in [3.8, 4) is 11.1 Å². The highest BCUT2D eigenvalue weighted by Crippen LogP contribution is 2.29. The fraction of sp³-hybridized carbons (Fsp3) is 0.0769. The van der Waals surface area contributed by atoms with Crippen LogP contribution in [-0.4, -0.2) is 0 Å². The number of rotatable bonds is 1. The molecule has 0 amide bonds. The Morgan fingerprint density at radius 3 is 2.31 bits per heavy atom. The van der Waals surface area contributed by atoms with E-state index in [1.165, 1.54) is 0 Å². The van der Waals surface area contributed by atoms with E-state index < -0.39 is 0 Å². The van der Waals surface area contributed by atoms with Gasteiger partial charge in [0.25, 0.3) is 0 Å². The Morgan fingerprint density at radius 2 is 1.69 bits per heavy atom. The Hall–Kier alpha value is -1.18. The van der Waals surface area contributed by atoms with Gasteiger partial charge in [-0.15, -0.1) is 0 Å². The molecule has 2 aromatic rings. The summed E-state index contributed by atoms with van der Waals surface area (Å²) in [6, 6.07) is 11.3. The molecule has 0 atom stereocenters. The normalized spacial score (nSPS) is 10.4. The van der Waals surface area contributed by atoms with Crippen molar-refractivity contribution >= 4 is 28.9 Å². The molecule has 0 aliphatic rings. The number of nitrogen functional groups attached to an aromatic ring is 1. The third-order valence-electron chi connectivity index (χ3n) is 2.42. The number of hydrogen-bond donors (Lipinski definition) is 1. The lowest BCUT2D eigenvalue weighted by Gasteiger charge is -2.08. The monoisotopic (exact) mass is 251 g/mol. The highest BCUT2D eigenvalue weighted by molar-refractivity contribution is 6.31. The molecule has 0 aromatic heterocycles. The predicted molar refractivity (Wildman–Crippen MR) is 71.0 cm³/mol. The van der Waals surface area contributed by atoms with Gasteiger partial charge in [-0.25, -0.2) is 0 Å². The van der Waals surface area contributed by atoms with Crippen LogP contribution in [0.15, 0.2) is 36.4 Å². The fourth-order valence-corrected chi connectivity index (χ4v) is 2.19. The van der Waals surface area contributed by atoms with Crippen LogP contribution in [0.4, 0.5) is 5.69 Å². The molecular weight excluding hydrogens is 241 g/mol. The lowest BCUT2D eigenvalue weighted by molar-refractivity contribution is 1.46. The van der Waals surface area contributed by atoms with E-state index in [0.29, 0.717) is 10.7 Å². The molecule has 0 heterocycles. The quantitative estimate of drug-likeness (QED) is 0.740. The predicted octanol–water partition coefficient (Wildman–Crippen LogP) is 4.55. The molecule has 0 unspecified atom stereocenters. The highest BCUT2D eigenvalue weighted by atomic mass is 35.5. The molecule has 82 valence electrons. The third kappa shape index (κ3) is 2.31. The van der Waals surface area contributed by atoms with Crippen molar-refractivity contribution in [2.75, 3.05) is 5.73 Å². The van der Waals surface area contributed by atoms with Crippen molar-refractivity contribution in [3.05, 3.63) is 52.0 Å². The summed E-state index contributed by atoms with van der Waals surface area (Å²) in [4.78, 5) is 0. The number of halogens is 2. The average molecular weight is 252 g/mol. The molecule has 2 N–H and O–H groups in total. The van der Waals surface area contributed by atoms with Gasteiger partial charge in [-0.1, -0.05) is 29.3 Å². The molecule has 0 saturated carbocycles. The van der Waals surface area contributed by atoms with Gasteiger partial charge in [-0.05, 0) is 53.9 Å². The van der Waals surface area contributed by atoms with E-state index >= 15 is 0 Å². The molecule has 0 saturated heterocycles. The lowest BCUT2D eigenvalue weighted by Crippen LogP contribution is -1.88. The van der Waals surface area contributed by atoms with E-state index in [1.807, 2.05) is 37.3 Å². The van der Waals surface area contributed by atoms with E-state index in [0.717, 1.165) is 21.7 Å². The summed E-state index contributed by atoms with van der Waals surface area (Å²) in [5.74, 6) is 0. The summed E-state index contributed by atoms with van der Waals surface area (Å²) in [6.45, 7) is 2.01. The first-order valence-corrected chi connectivity index (χ1v) is 5.64. The summed E-state index contributed by atoms with van der Waals surface area (Å²) in [5.41, 5.74) is 9.64. The summed E-state index contributed by atoms with van der Waals surface area (Å²) in [5, 5.41) is 1.38. The second kappa shape index (κ2) is 4.36. The van der Waals surface area contributed by atoms with E-state index in [2.05, 4.69) is 0 Å². The molecule has 0 fully saturated rings. The first-order valence-electron chi connectivity index (χ1n) is 4.89. The van der Waals surface area contributed by atoms with Crippen LogP contribution in [-0.2, 0) is 0 Å². The maximum absolute atomic E-state index is 5.98. The summed E-state index contributed by atoms with van der Waals surface area (Å²) < 4.78 is 0. The van der Waals surface area contributed by atoms with Crippen LogP contribution in [0.5, 0.6) is 0 Å². The first kappa shape index (κ1) is 11.3. The molecule has 0 spiro atoms. The summed E-state index contributed by atoms with van der Waals surface area (Å²) in [7, 11) is 0. The largest absolute Gasteiger partial charge is 0.399 e. The van der Waals surface area contributed by atoms with E-state index in [4.69, 9.17) is 28.9 Å². The standard InChI is InChI=1S/C13H11Cl2N/c1-8-4-10(14)2-3-13(8)9-5-11(15)7-12(16)6-9/h2-7H,16H2,1H3. The molecule has 2 aromatic carbocycles. The minimum atomic E-state index is 0.643. The smallest absolute Gasteiger partial charge is 0.0432 e. The number of benzene rings is 2. The zero-order valence-corrected chi connectivity index (χ0v) is 10.3. The second-order valence-corrected chi connectivity index (χ2v) is 4.61. The van der Waals surface area contributed by atoms with Crippen molar-refractivity contribution in [1.29, 1.82) is 0 Å². The highest BCUT2D eigenvalue weighted by Gasteiger charge is 2.04. The summed E-state index contributed by atoms with van der Waals surface area (Å²) >= 11 is 11.9. The van der Waals surface area contributed by atoms with Crippen LogP contribution in [0.1, 0.15) is 5.56 Å². The zero-order chi connectivity index (χ0) is 11.7. The van der Waals surface area contributed by atoms with Crippen LogP contribution in [0.3, 0.4) is 0 Å². The second-order valence-electron chi connectivity index (χ2n) is 3.73. The molecule has 2 rings (SSSR count). The zero-order valence-electron chi connectivity index (χ0n) is 8.80. The molecule has 3 heteroatoms. The Kier molecular flexibility index (Phi) is 3.08. The number of anilines is 1. The molecule has 0 aliphatic carbocycles. The fourth-order valence-electron chi connectivity index (χ4n) is 1.72. The Labute approximate surface area is 105 Å². The van der Waals surface area contributed by atoms with Gasteiger partial charge < -0.3 is 5.73 Å². The topological polar surface area (TPSA) is 26.0 Å². The third-order valence-corrected chi connectivity index (χ3v) is 2.87. The van der Waals surface area contributed by atoms with E-state index in [-0.39, 0.29) is 0 Å². The van der Waals surface area contributed by atoms with Gasteiger partial charge in [0.1, 0.15) is 0 Å². The summed E-state index contributed by atoms with van der Waals surface area (Å²) in [6.07, 6.45) is 0. The van der Waals surface area contributed by atoms with Gasteiger partial charge in [-0.3, -0.25) is 0 Å². The maximum atomic E-state index is 5.98. The Bertz CT molecular complexity index is 515. The molecule has 0 radical (unpaired) electrons. The number of aryl methyl sites for hydroxylation is 1.